The number of amides is 1. The highest BCUT2D eigenvalue weighted by Crippen LogP contribution is 2.28. The monoisotopic (exact) mass is 270 g/mol. The molecule has 3 nitrogen and oxygen atoms in total. The summed E-state index contributed by atoms with van der Waals surface area (Å²) in [4.78, 5) is 13.7. The summed E-state index contributed by atoms with van der Waals surface area (Å²) in [5, 5.41) is 8.64. The van der Waals surface area contributed by atoms with Crippen LogP contribution in [0, 0.1) is 11.3 Å². The van der Waals surface area contributed by atoms with Gasteiger partial charge in [-0.05, 0) is 29.9 Å². The van der Waals surface area contributed by atoms with Gasteiger partial charge in [0.1, 0.15) is 6.42 Å². The van der Waals surface area contributed by atoms with Crippen molar-refractivity contribution in [1.29, 1.82) is 5.26 Å². The fourth-order valence-electron chi connectivity index (χ4n) is 2.81. The van der Waals surface area contributed by atoms with Crippen LogP contribution in [0.1, 0.15) is 56.1 Å². The topological polar surface area (TPSA) is 44.1 Å². The second-order valence-electron chi connectivity index (χ2n) is 5.84. The van der Waals surface area contributed by atoms with E-state index in [-0.39, 0.29) is 12.3 Å². The summed E-state index contributed by atoms with van der Waals surface area (Å²) in [5.41, 5.74) is 2.66. The Bertz CT molecular complexity index is 499. The number of hydrogen-bond donors (Lipinski definition) is 0. The summed E-state index contributed by atoms with van der Waals surface area (Å²) in [6.07, 6.45) is 2.14. The van der Waals surface area contributed by atoms with Gasteiger partial charge in [-0.2, -0.15) is 5.26 Å². The molecule has 106 valence electrons. The van der Waals surface area contributed by atoms with Gasteiger partial charge < -0.3 is 4.90 Å². The Labute approximate surface area is 121 Å². The van der Waals surface area contributed by atoms with Gasteiger partial charge in [-0.3, -0.25) is 4.79 Å². The van der Waals surface area contributed by atoms with Gasteiger partial charge in [0, 0.05) is 19.0 Å². The van der Waals surface area contributed by atoms with Crippen LogP contribution in [-0.2, 0) is 4.79 Å². The summed E-state index contributed by atoms with van der Waals surface area (Å²) >= 11 is 0. The van der Waals surface area contributed by atoms with Crippen LogP contribution >= 0.6 is 0 Å². The zero-order chi connectivity index (χ0) is 14.5. The maximum Gasteiger partial charge on any atom is 0.236 e. The molecule has 1 aliphatic heterocycles. The van der Waals surface area contributed by atoms with Crippen LogP contribution in [0.3, 0.4) is 0 Å². The van der Waals surface area contributed by atoms with Crippen molar-refractivity contribution in [3.05, 3.63) is 35.4 Å². The zero-order valence-corrected chi connectivity index (χ0v) is 12.3. The first kappa shape index (κ1) is 14.6. The van der Waals surface area contributed by atoms with Crippen molar-refractivity contribution in [3.8, 4) is 6.07 Å². The Morgan fingerprint density at radius 1 is 1.40 bits per heavy atom. The summed E-state index contributed by atoms with van der Waals surface area (Å²) in [5.74, 6) is 0.924. The zero-order valence-electron chi connectivity index (χ0n) is 12.3. The van der Waals surface area contributed by atoms with E-state index in [0.29, 0.717) is 11.8 Å². The van der Waals surface area contributed by atoms with Crippen molar-refractivity contribution in [1.82, 2.24) is 4.90 Å². The number of benzene rings is 1. The highest BCUT2D eigenvalue weighted by molar-refractivity contribution is 5.78. The number of carbonyl (C=O) groups is 1. The molecule has 0 aromatic heterocycles. The minimum atomic E-state index is -0.0315. The number of rotatable bonds is 3. The summed E-state index contributed by atoms with van der Waals surface area (Å²) in [7, 11) is 0. The van der Waals surface area contributed by atoms with Crippen LogP contribution in [0.15, 0.2) is 24.3 Å². The summed E-state index contributed by atoms with van der Waals surface area (Å²) in [6.45, 7) is 5.93. The average molecular weight is 270 g/mol. The molecule has 0 spiro atoms. The van der Waals surface area contributed by atoms with E-state index in [9.17, 15) is 4.79 Å². The number of nitriles is 1. The van der Waals surface area contributed by atoms with Gasteiger partial charge in [0.05, 0.1) is 6.07 Å². The van der Waals surface area contributed by atoms with Crippen LogP contribution in [0.2, 0.25) is 0 Å². The SMILES string of the molecule is CC(C)c1ccc(C2CCCN(C(=O)CC#N)C2)cc1. The van der Waals surface area contributed by atoms with Gasteiger partial charge in [0.25, 0.3) is 0 Å². The highest BCUT2D eigenvalue weighted by atomic mass is 16.2. The molecule has 1 saturated heterocycles. The van der Waals surface area contributed by atoms with E-state index >= 15 is 0 Å². The predicted molar refractivity (Wildman–Crippen MR) is 79.3 cm³/mol. The van der Waals surface area contributed by atoms with Crippen LogP contribution < -0.4 is 0 Å². The van der Waals surface area contributed by atoms with E-state index < -0.39 is 0 Å². The Hall–Kier alpha value is -1.82. The lowest BCUT2D eigenvalue weighted by molar-refractivity contribution is -0.131. The minimum absolute atomic E-state index is 0.000985. The molecular weight excluding hydrogens is 248 g/mol. The lowest BCUT2D eigenvalue weighted by Crippen LogP contribution is -2.38. The first-order valence-electron chi connectivity index (χ1n) is 7.36. The number of carbonyl (C=O) groups excluding carboxylic acids is 1. The van der Waals surface area contributed by atoms with Gasteiger partial charge >= 0.3 is 0 Å². The molecule has 0 bridgehead atoms. The Morgan fingerprint density at radius 2 is 2.10 bits per heavy atom. The Kier molecular flexibility index (Phi) is 4.79. The molecule has 3 heteroatoms. The second kappa shape index (κ2) is 6.56. The van der Waals surface area contributed by atoms with E-state index in [2.05, 4.69) is 38.1 Å². The maximum absolute atomic E-state index is 11.8. The normalized spacial score (nSPS) is 18.9. The first-order chi connectivity index (χ1) is 9.61. The third-order valence-electron chi connectivity index (χ3n) is 4.08. The Morgan fingerprint density at radius 3 is 2.70 bits per heavy atom. The van der Waals surface area contributed by atoms with E-state index in [1.807, 2.05) is 11.0 Å². The van der Waals surface area contributed by atoms with Crippen LogP contribution in [0.4, 0.5) is 0 Å². The number of piperidine rings is 1. The fraction of sp³-hybridized carbons (Fsp3) is 0.529. The van der Waals surface area contributed by atoms with Gasteiger partial charge in [-0.25, -0.2) is 0 Å². The maximum atomic E-state index is 11.8. The summed E-state index contributed by atoms with van der Waals surface area (Å²) < 4.78 is 0. The van der Waals surface area contributed by atoms with E-state index in [1.165, 1.54) is 11.1 Å². The molecule has 1 amide bonds. The summed E-state index contributed by atoms with van der Waals surface area (Å²) in [6, 6.07) is 10.7. The molecule has 1 aromatic carbocycles. The van der Waals surface area contributed by atoms with E-state index in [0.717, 1.165) is 25.9 Å². The second-order valence-corrected chi connectivity index (χ2v) is 5.84. The molecule has 1 unspecified atom stereocenters. The first-order valence-corrected chi connectivity index (χ1v) is 7.36. The van der Waals surface area contributed by atoms with Crippen molar-refractivity contribution >= 4 is 5.91 Å². The molecule has 1 aromatic rings. The molecule has 1 fully saturated rings. The Balaban J connectivity index is 2.05. The van der Waals surface area contributed by atoms with Crippen molar-refractivity contribution in [3.63, 3.8) is 0 Å². The van der Waals surface area contributed by atoms with Crippen LogP contribution in [0.5, 0.6) is 0 Å². The minimum Gasteiger partial charge on any atom is -0.341 e. The lowest BCUT2D eigenvalue weighted by Gasteiger charge is -2.32. The molecular formula is C17H22N2O. The third kappa shape index (κ3) is 3.39. The molecule has 0 aliphatic carbocycles. The molecule has 0 radical (unpaired) electrons. The van der Waals surface area contributed by atoms with Crippen molar-refractivity contribution < 1.29 is 4.79 Å². The molecule has 2 rings (SSSR count). The van der Waals surface area contributed by atoms with Crippen LogP contribution in [-0.4, -0.2) is 23.9 Å². The van der Waals surface area contributed by atoms with E-state index in [1.54, 1.807) is 0 Å². The van der Waals surface area contributed by atoms with Crippen molar-refractivity contribution in [2.24, 2.45) is 0 Å². The largest absolute Gasteiger partial charge is 0.341 e. The lowest BCUT2D eigenvalue weighted by atomic mass is 9.89. The predicted octanol–water partition coefficient (Wildman–Crippen LogP) is 3.43. The van der Waals surface area contributed by atoms with Gasteiger partial charge in [0.15, 0.2) is 0 Å². The molecule has 0 N–H and O–H groups in total. The molecule has 20 heavy (non-hydrogen) atoms. The molecule has 0 saturated carbocycles. The molecule has 1 heterocycles. The van der Waals surface area contributed by atoms with E-state index in [4.69, 9.17) is 5.26 Å². The standard InChI is InChI=1S/C17H22N2O/c1-13(2)14-5-7-15(8-6-14)16-4-3-11-19(12-16)17(20)9-10-18/h5-8,13,16H,3-4,9,11-12H2,1-2H3. The number of nitrogens with zero attached hydrogens (tertiary/aromatic N) is 2. The van der Waals surface area contributed by atoms with Crippen LogP contribution in [0.25, 0.3) is 0 Å². The van der Waals surface area contributed by atoms with Gasteiger partial charge in [-0.1, -0.05) is 38.1 Å². The quantitative estimate of drug-likeness (QED) is 0.844. The molecule has 1 atom stereocenters. The van der Waals surface area contributed by atoms with Gasteiger partial charge in [0.2, 0.25) is 5.91 Å². The molecule has 1 aliphatic rings. The van der Waals surface area contributed by atoms with Gasteiger partial charge in [-0.15, -0.1) is 0 Å². The third-order valence-corrected chi connectivity index (χ3v) is 4.08. The average Bonchev–Trinajstić information content (AvgIpc) is 2.48. The smallest absolute Gasteiger partial charge is 0.236 e. The van der Waals surface area contributed by atoms with Crippen molar-refractivity contribution in [2.75, 3.05) is 13.1 Å². The fourth-order valence-corrected chi connectivity index (χ4v) is 2.81. The number of likely N-dealkylation sites (tertiary alicyclic amines) is 1. The van der Waals surface area contributed by atoms with Crippen molar-refractivity contribution in [2.45, 2.75) is 44.9 Å². The number of hydrogen-bond acceptors (Lipinski definition) is 2. The highest BCUT2D eigenvalue weighted by Gasteiger charge is 2.24.